The molecule has 2 rings (SSSR count). The quantitative estimate of drug-likeness (QED) is 0.810. The number of esters is 1. The Balaban J connectivity index is 1.80. The molecule has 0 bridgehead atoms. The number of ether oxygens (including phenoxy) is 2. The highest BCUT2D eigenvalue weighted by molar-refractivity contribution is 6.30. The van der Waals surface area contributed by atoms with Gasteiger partial charge in [-0.3, -0.25) is 4.79 Å². The third-order valence-corrected chi connectivity index (χ3v) is 3.20. The topological polar surface area (TPSA) is 64.6 Å². The summed E-state index contributed by atoms with van der Waals surface area (Å²) in [7, 11) is 0. The molecule has 0 aliphatic heterocycles. The lowest BCUT2D eigenvalue weighted by Gasteiger charge is -2.14. The van der Waals surface area contributed by atoms with Gasteiger partial charge in [0.25, 0.3) is 5.91 Å². The van der Waals surface area contributed by atoms with Crippen LogP contribution in [0.3, 0.4) is 0 Å². The molecule has 0 heterocycles. The minimum absolute atomic E-state index is 0.0176. The molecule has 0 spiro atoms. The summed E-state index contributed by atoms with van der Waals surface area (Å²) in [6.45, 7) is 0.952. The first-order chi connectivity index (χ1) is 11.5. The molecule has 0 aliphatic carbocycles. The van der Waals surface area contributed by atoms with E-state index in [0.717, 1.165) is 0 Å². The van der Waals surface area contributed by atoms with Crippen LogP contribution in [0.15, 0.2) is 48.5 Å². The molecule has 0 saturated carbocycles. The van der Waals surface area contributed by atoms with Crippen molar-refractivity contribution in [1.29, 1.82) is 0 Å². The SMILES string of the molecule is C[C@H](Oc1ccc(Cl)cc1)C(=O)OCC(=O)Nc1ccccc1F. The highest BCUT2D eigenvalue weighted by Gasteiger charge is 2.18. The number of amides is 1. The van der Waals surface area contributed by atoms with Crippen LogP contribution in [0.5, 0.6) is 5.75 Å². The summed E-state index contributed by atoms with van der Waals surface area (Å²) in [6, 6.07) is 12.2. The maximum absolute atomic E-state index is 13.4. The van der Waals surface area contributed by atoms with E-state index < -0.39 is 30.4 Å². The van der Waals surface area contributed by atoms with Crippen molar-refractivity contribution >= 4 is 29.2 Å². The van der Waals surface area contributed by atoms with E-state index in [0.29, 0.717) is 10.8 Å². The number of rotatable bonds is 6. The number of benzene rings is 2. The van der Waals surface area contributed by atoms with Crippen molar-refractivity contribution in [3.8, 4) is 5.75 Å². The van der Waals surface area contributed by atoms with Gasteiger partial charge in [-0.25, -0.2) is 9.18 Å². The number of carbonyl (C=O) groups excluding carboxylic acids is 2. The van der Waals surface area contributed by atoms with Gasteiger partial charge in [0.05, 0.1) is 5.69 Å². The fraction of sp³-hybridized carbons (Fsp3) is 0.176. The molecule has 24 heavy (non-hydrogen) atoms. The van der Waals surface area contributed by atoms with Gasteiger partial charge in [0.15, 0.2) is 12.7 Å². The van der Waals surface area contributed by atoms with Crippen LogP contribution in [-0.2, 0) is 14.3 Å². The van der Waals surface area contributed by atoms with Gasteiger partial charge in [0.1, 0.15) is 11.6 Å². The normalized spacial score (nSPS) is 11.5. The molecule has 1 atom stereocenters. The number of hydrogen-bond acceptors (Lipinski definition) is 4. The average molecular weight is 352 g/mol. The predicted octanol–water partition coefficient (Wildman–Crippen LogP) is 3.43. The molecule has 2 aromatic carbocycles. The van der Waals surface area contributed by atoms with E-state index in [1.807, 2.05) is 0 Å². The van der Waals surface area contributed by atoms with Crippen LogP contribution >= 0.6 is 11.6 Å². The van der Waals surface area contributed by atoms with Gasteiger partial charge in [0, 0.05) is 5.02 Å². The average Bonchev–Trinajstić information content (AvgIpc) is 2.57. The van der Waals surface area contributed by atoms with Crippen molar-refractivity contribution in [1.82, 2.24) is 0 Å². The van der Waals surface area contributed by atoms with E-state index in [4.69, 9.17) is 21.1 Å². The molecule has 7 heteroatoms. The Hall–Kier alpha value is -2.60. The van der Waals surface area contributed by atoms with Crippen LogP contribution in [0.2, 0.25) is 5.02 Å². The number of para-hydroxylation sites is 1. The van der Waals surface area contributed by atoms with Gasteiger partial charge in [-0.2, -0.15) is 0 Å². The van der Waals surface area contributed by atoms with Gasteiger partial charge < -0.3 is 14.8 Å². The highest BCUT2D eigenvalue weighted by atomic mass is 35.5. The van der Waals surface area contributed by atoms with Crippen LogP contribution in [0.4, 0.5) is 10.1 Å². The Labute approximate surface area is 143 Å². The van der Waals surface area contributed by atoms with E-state index >= 15 is 0 Å². The lowest BCUT2D eigenvalue weighted by molar-refractivity contribution is -0.153. The third-order valence-electron chi connectivity index (χ3n) is 2.95. The summed E-state index contributed by atoms with van der Waals surface area (Å²) in [5, 5.41) is 2.86. The maximum atomic E-state index is 13.4. The van der Waals surface area contributed by atoms with Crippen molar-refractivity contribution in [2.75, 3.05) is 11.9 Å². The number of carbonyl (C=O) groups is 2. The Bertz CT molecular complexity index is 721. The zero-order valence-electron chi connectivity index (χ0n) is 12.8. The van der Waals surface area contributed by atoms with E-state index in [1.54, 1.807) is 30.3 Å². The molecule has 0 unspecified atom stereocenters. The van der Waals surface area contributed by atoms with Crippen LogP contribution in [-0.4, -0.2) is 24.6 Å². The van der Waals surface area contributed by atoms with Gasteiger partial charge in [-0.15, -0.1) is 0 Å². The molecule has 126 valence electrons. The first-order valence-electron chi connectivity index (χ1n) is 7.09. The van der Waals surface area contributed by atoms with Crippen LogP contribution in [0, 0.1) is 5.82 Å². The fourth-order valence-corrected chi connectivity index (χ4v) is 1.89. The summed E-state index contributed by atoms with van der Waals surface area (Å²) in [5.74, 6) is -1.49. The van der Waals surface area contributed by atoms with Crippen LogP contribution < -0.4 is 10.1 Å². The molecule has 2 aromatic rings. The van der Waals surface area contributed by atoms with Gasteiger partial charge in [-0.05, 0) is 43.3 Å². The van der Waals surface area contributed by atoms with Crippen molar-refractivity contribution in [3.05, 3.63) is 59.4 Å². The number of hydrogen-bond donors (Lipinski definition) is 1. The number of halogens is 2. The standard InChI is InChI=1S/C17H15ClFNO4/c1-11(24-13-8-6-12(18)7-9-13)17(22)23-10-16(21)20-15-5-3-2-4-14(15)19/h2-9,11H,10H2,1H3,(H,20,21)/t11-/m0/s1. The van der Waals surface area contributed by atoms with E-state index in [1.165, 1.54) is 25.1 Å². The van der Waals surface area contributed by atoms with E-state index in [9.17, 15) is 14.0 Å². The molecule has 0 aliphatic rings. The molecule has 1 N–H and O–H groups in total. The first kappa shape index (κ1) is 17.7. The van der Waals surface area contributed by atoms with E-state index in [-0.39, 0.29) is 5.69 Å². The van der Waals surface area contributed by atoms with Gasteiger partial charge in [0.2, 0.25) is 0 Å². The fourth-order valence-electron chi connectivity index (χ4n) is 1.77. The molecule has 5 nitrogen and oxygen atoms in total. The summed E-state index contributed by atoms with van der Waals surface area (Å²) in [4.78, 5) is 23.5. The largest absolute Gasteiger partial charge is 0.479 e. The minimum atomic E-state index is -0.910. The van der Waals surface area contributed by atoms with E-state index in [2.05, 4.69) is 5.32 Å². The molecule has 0 saturated heterocycles. The summed E-state index contributed by atoms with van der Waals surface area (Å²) in [5.41, 5.74) is 0.0176. The number of anilines is 1. The third kappa shape index (κ3) is 5.24. The molecule has 1 amide bonds. The maximum Gasteiger partial charge on any atom is 0.347 e. The molecular weight excluding hydrogens is 337 g/mol. The van der Waals surface area contributed by atoms with Crippen molar-refractivity contribution in [2.45, 2.75) is 13.0 Å². The lowest BCUT2D eigenvalue weighted by atomic mass is 10.3. The smallest absolute Gasteiger partial charge is 0.347 e. The Kier molecular flexibility index (Phi) is 6.14. The summed E-state index contributed by atoms with van der Waals surface area (Å²) < 4.78 is 23.6. The van der Waals surface area contributed by atoms with Gasteiger partial charge in [-0.1, -0.05) is 23.7 Å². The highest BCUT2D eigenvalue weighted by Crippen LogP contribution is 2.17. The van der Waals surface area contributed by atoms with Gasteiger partial charge >= 0.3 is 5.97 Å². The minimum Gasteiger partial charge on any atom is -0.479 e. The second-order valence-electron chi connectivity index (χ2n) is 4.85. The van der Waals surface area contributed by atoms with Crippen molar-refractivity contribution < 1.29 is 23.5 Å². The Morgan fingerprint density at radius 2 is 1.83 bits per heavy atom. The molecule has 0 radical (unpaired) electrons. The summed E-state index contributed by atoms with van der Waals surface area (Å²) in [6.07, 6.45) is -0.910. The monoisotopic (exact) mass is 351 g/mol. The number of nitrogens with one attached hydrogen (secondary N) is 1. The lowest BCUT2D eigenvalue weighted by Crippen LogP contribution is -2.29. The first-order valence-corrected chi connectivity index (χ1v) is 7.47. The zero-order valence-corrected chi connectivity index (χ0v) is 13.5. The van der Waals surface area contributed by atoms with Crippen LogP contribution in [0.1, 0.15) is 6.92 Å². The second-order valence-corrected chi connectivity index (χ2v) is 5.29. The second kappa shape index (κ2) is 8.31. The van der Waals surface area contributed by atoms with Crippen molar-refractivity contribution in [3.63, 3.8) is 0 Å². The van der Waals surface area contributed by atoms with Crippen molar-refractivity contribution in [2.24, 2.45) is 0 Å². The molecular formula is C17H15ClFNO4. The zero-order chi connectivity index (χ0) is 17.5. The Morgan fingerprint density at radius 3 is 2.50 bits per heavy atom. The summed E-state index contributed by atoms with van der Waals surface area (Å²) >= 11 is 5.75. The Morgan fingerprint density at radius 1 is 1.17 bits per heavy atom. The molecule has 0 fully saturated rings. The molecule has 0 aromatic heterocycles. The van der Waals surface area contributed by atoms with Crippen LogP contribution in [0.25, 0.3) is 0 Å². The predicted molar refractivity (Wildman–Crippen MR) is 87.5 cm³/mol.